The Bertz CT molecular complexity index is 1760. The number of fused-ring (bicyclic) bond motifs is 1. The summed E-state index contributed by atoms with van der Waals surface area (Å²) in [6, 6.07) is 8.53. The molecule has 0 saturated heterocycles. The molecule has 1 aliphatic rings. The number of rotatable bonds is 8. The minimum absolute atomic E-state index is 0.0190. The topological polar surface area (TPSA) is 117 Å². The monoisotopic (exact) mass is 636 g/mol. The van der Waals surface area contributed by atoms with E-state index in [0.717, 1.165) is 51.0 Å². The van der Waals surface area contributed by atoms with Crippen molar-refractivity contribution in [3.63, 3.8) is 0 Å². The number of carbonyl (C=O) groups excluding carboxylic acids is 1. The Morgan fingerprint density at radius 3 is 2.32 bits per heavy atom. The van der Waals surface area contributed by atoms with E-state index in [4.69, 9.17) is 16.3 Å². The van der Waals surface area contributed by atoms with E-state index < -0.39 is 63.4 Å². The van der Waals surface area contributed by atoms with Crippen molar-refractivity contribution in [2.45, 2.75) is 57.1 Å². The Morgan fingerprint density at radius 2 is 1.73 bits per heavy atom. The van der Waals surface area contributed by atoms with Gasteiger partial charge in [-0.1, -0.05) is 11.6 Å². The van der Waals surface area contributed by atoms with Gasteiger partial charge in [0.1, 0.15) is 22.8 Å². The van der Waals surface area contributed by atoms with Gasteiger partial charge in [-0.2, -0.15) is 18.3 Å². The Hall–Kier alpha value is -3.94. The molecule has 2 aromatic heterocycles. The molecule has 0 spiro atoms. The molecule has 0 radical (unpaired) electrons. The zero-order valence-corrected chi connectivity index (χ0v) is 24.3. The maximum atomic E-state index is 15.9. The van der Waals surface area contributed by atoms with E-state index in [0.29, 0.717) is 16.6 Å². The van der Waals surface area contributed by atoms with Crippen LogP contribution in [0, 0.1) is 18.6 Å². The summed E-state index contributed by atoms with van der Waals surface area (Å²) in [4.78, 5) is 17.0. The molecular weight excluding hydrogens is 611 g/mol. The van der Waals surface area contributed by atoms with Gasteiger partial charge in [-0.15, -0.1) is 5.10 Å². The SMILES string of the molecule is Cc1cc2cc(C(=O)NC[C@](O)(c3nc(-c4ccc(F)cc4)c(Cl)c(C(C)(C)O)c3F)C(F)(F)F)cc(OC3CC3)c2nn1. The molecule has 2 aromatic carbocycles. The van der Waals surface area contributed by atoms with E-state index in [9.17, 15) is 32.6 Å². The summed E-state index contributed by atoms with van der Waals surface area (Å²) < 4.78 is 79.2. The molecule has 1 fully saturated rings. The lowest BCUT2D eigenvalue weighted by molar-refractivity contribution is -0.266. The summed E-state index contributed by atoms with van der Waals surface area (Å²) in [5.41, 5.74) is -8.30. The fourth-order valence-electron chi connectivity index (χ4n) is 4.60. The number of hydrogen-bond donors (Lipinski definition) is 3. The Labute approximate surface area is 252 Å². The lowest BCUT2D eigenvalue weighted by Gasteiger charge is -2.33. The van der Waals surface area contributed by atoms with Gasteiger partial charge in [0.05, 0.1) is 34.7 Å². The number of nitrogens with one attached hydrogen (secondary N) is 1. The Morgan fingerprint density at radius 1 is 1.07 bits per heavy atom. The van der Waals surface area contributed by atoms with Gasteiger partial charge in [0.2, 0.25) is 5.60 Å². The zero-order chi connectivity index (χ0) is 32.2. The lowest BCUT2D eigenvalue weighted by Crippen LogP contribution is -2.52. The van der Waals surface area contributed by atoms with E-state index in [2.05, 4.69) is 15.2 Å². The first kappa shape index (κ1) is 31.5. The van der Waals surface area contributed by atoms with Gasteiger partial charge < -0.3 is 20.3 Å². The molecule has 44 heavy (non-hydrogen) atoms. The third-order valence-electron chi connectivity index (χ3n) is 7.03. The molecule has 5 rings (SSSR count). The number of amides is 1. The molecule has 1 saturated carbocycles. The zero-order valence-electron chi connectivity index (χ0n) is 23.6. The summed E-state index contributed by atoms with van der Waals surface area (Å²) in [6.07, 6.45) is -4.13. The lowest BCUT2D eigenvalue weighted by atomic mass is 9.89. The second-order valence-electron chi connectivity index (χ2n) is 11.1. The van der Waals surface area contributed by atoms with Crippen LogP contribution in [0.3, 0.4) is 0 Å². The van der Waals surface area contributed by atoms with Crippen LogP contribution in [0.5, 0.6) is 5.75 Å². The molecule has 0 bridgehead atoms. The first-order valence-electron chi connectivity index (χ1n) is 13.4. The van der Waals surface area contributed by atoms with Crippen molar-refractivity contribution in [1.29, 1.82) is 0 Å². The van der Waals surface area contributed by atoms with Crippen molar-refractivity contribution in [1.82, 2.24) is 20.5 Å². The highest BCUT2D eigenvalue weighted by Gasteiger charge is 2.58. The molecule has 1 amide bonds. The summed E-state index contributed by atoms with van der Waals surface area (Å²) in [5.74, 6) is -3.24. The molecule has 232 valence electrons. The Balaban J connectivity index is 1.58. The molecule has 1 aliphatic carbocycles. The molecule has 4 aromatic rings. The van der Waals surface area contributed by atoms with E-state index in [-0.39, 0.29) is 23.0 Å². The number of halogens is 6. The maximum absolute atomic E-state index is 15.9. The highest BCUT2D eigenvalue weighted by molar-refractivity contribution is 6.34. The highest BCUT2D eigenvalue weighted by Crippen LogP contribution is 2.45. The van der Waals surface area contributed by atoms with Gasteiger partial charge in [-0.3, -0.25) is 4.79 Å². The van der Waals surface area contributed by atoms with Crippen molar-refractivity contribution in [2.75, 3.05) is 6.54 Å². The van der Waals surface area contributed by atoms with Crippen molar-refractivity contribution >= 4 is 28.4 Å². The molecule has 2 heterocycles. The van der Waals surface area contributed by atoms with Gasteiger partial charge in [0.15, 0.2) is 5.82 Å². The molecule has 14 heteroatoms. The summed E-state index contributed by atoms with van der Waals surface area (Å²) in [7, 11) is 0. The molecular formula is C30H26ClF5N4O4. The average Bonchev–Trinajstić information content (AvgIpc) is 3.74. The number of carbonyl (C=O) groups is 1. The van der Waals surface area contributed by atoms with Gasteiger partial charge in [-0.25, -0.2) is 13.8 Å². The fraction of sp³-hybridized carbons (Fsp3) is 0.333. The van der Waals surface area contributed by atoms with E-state index in [1.165, 1.54) is 12.1 Å². The average molecular weight is 637 g/mol. The minimum Gasteiger partial charge on any atom is -0.488 e. The van der Waals surface area contributed by atoms with Crippen LogP contribution < -0.4 is 10.1 Å². The maximum Gasteiger partial charge on any atom is 0.424 e. The van der Waals surface area contributed by atoms with Crippen LogP contribution in [-0.4, -0.2) is 50.1 Å². The van der Waals surface area contributed by atoms with Gasteiger partial charge >= 0.3 is 6.18 Å². The summed E-state index contributed by atoms with van der Waals surface area (Å²) in [5, 5.41) is 31.8. The number of ether oxygens (including phenoxy) is 1. The summed E-state index contributed by atoms with van der Waals surface area (Å²) >= 11 is 6.32. The van der Waals surface area contributed by atoms with E-state index >= 15 is 4.39 Å². The fourth-order valence-corrected chi connectivity index (χ4v) is 5.06. The molecule has 8 nitrogen and oxygen atoms in total. The number of aryl methyl sites for hydroxylation is 1. The van der Waals surface area contributed by atoms with Crippen LogP contribution in [0.2, 0.25) is 5.02 Å². The molecule has 3 N–H and O–H groups in total. The predicted molar refractivity (Wildman–Crippen MR) is 150 cm³/mol. The highest BCUT2D eigenvalue weighted by atomic mass is 35.5. The predicted octanol–water partition coefficient (Wildman–Crippen LogP) is 5.88. The normalized spacial score (nSPS) is 15.2. The van der Waals surface area contributed by atoms with Crippen molar-refractivity contribution in [3.8, 4) is 17.0 Å². The third-order valence-corrected chi connectivity index (χ3v) is 7.40. The number of aliphatic hydroxyl groups is 2. The van der Waals surface area contributed by atoms with E-state index in [1.54, 1.807) is 13.0 Å². The van der Waals surface area contributed by atoms with Crippen molar-refractivity contribution < 1.29 is 41.7 Å². The van der Waals surface area contributed by atoms with Crippen LogP contribution in [-0.2, 0) is 11.2 Å². The number of hydrogen-bond acceptors (Lipinski definition) is 7. The quantitative estimate of drug-likeness (QED) is 0.207. The van der Waals surface area contributed by atoms with E-state index in [1.807, 2.05) is 5.32 Å². The van der Waals surface area contributed by atoms with Crippen molar-refractivity contribution in [3.05, 3.63) is 81.6 Å². The van der Waals surface area contributed by atoms with Crippen LogP contribution in [0.4, 0.5) is 22.0 Å². The number of aromatic nitrogens is 3. The van der Waals surface area contributed by atoms with Gasteiger partial charge in [0.25, 0.3) is 5.91 Å². The largest absolute Gasteiger partial charge is 0.488 e. The summed E-state index contributed by atoms with van der Waals surface area (Å²) in [6.45, 7) is 2.26. The molecule has 1 atom stereocenters. The van der Waals surface area contributed by atoms with Crippen molar-refractivity contribution in [2.24, 2.45) is 0 Å². The van der Waals surface area contributed by atoms with Gasteiger partial charge in [0, 0.05) is 22.1 Å². The van der Waals surface area contributed by atoms with Crippen LogP contribution in [0.1, 0.15) is 54.0 Å². The number of benzene rings is 2. The number of nitrogens with zero attached hydrogens (tertiary/aromatic N) is 3. The molecule has 0 aliphatic heterocycles. The second kappa shape index (κ2) is 11.2. The smallest absolute Gasteiger partial charge is 0.424 e. The molecule has 0 unspecified atom stereocenters. The minimum atomic E-state index is -5.59. The van der Waals surface area contributed by atoms with Gasteiger partial charge in [-0.05, 0) is 76.1 Å². The third kappa shape index (κ3) is 6.04. The first-order chi connectivity index (χ1) is 20.5. The van der Waals surface area contributed by atoms with Crippen LogP contribution in [0.25, 0.3) is 22.2 Å². The number of alkyl halides is 3. The Kier molecular flexibility index (Phi) is 8.02. The second-order valence-corrected chi connectivity index (χ2v) is 11.5. The van der Waals surface area contributed by atoms with Crippen LogP contribution in [0.15, 0.2) is 42.5 Å². The first-order valence-corrected chi connectivity index (χ1v) is 13.8. The van der Waals surface area contributed by atoms with Crippen LogP contribution >= 0.6 is 11.6 Å². The standard InChI is InChI=1S/C30H26ClF5N4O4/c1-14-10-16-11-17(12-20(24(16)40-39-14)44-19-8-9-19)27(41)37-13-29(43,30(34,35)36)26-23(33)21(28(2,3)42)22(31)25(38-26)15-4-6-18(32)7-5-15/h4-7,10-12,19,42-43H,8-9,13H2,1-3H3,(H,37,41)/t29-/m0/s1. The number of pyridine rings is 1.